The molecule has 2 nitrogen and oxygen atoms in total. The zero-order valence-electron chi connectivity index (χ0n) is 9.57. The van der Waals surface area contributed by atoms with E-state index in [4.69, 9.17) is 0 Å². The molecule has 0 aromatic heterocycles. The molecule has 0 heterocycles. The number of carboxylic acid groups (broad SMARTS) is 1. The van der Waals surface area contributed by atoms with Crippen molar-refractivity contribution >= 4 is 16.7 Å². The molecule has 17 heavy (non-hydrogen) atoms. The van der Waals surface area contributed by atoms with Gasteiger partial charge in [-0.3, -0.25) is 0 Å². The first-order chi connectivity index (χ1) is 8.27. The molecule has 0 unspecified atom stereocenters. The highest BCUT2D eigenvalue weighted by Gasteiger charge is 2.19. The number of fused-ring (bicyclic) bond motifs is 3. The molecule has 2 aromatic rings. The molecular weight excluding hydrogens is 212 g/mol. The number of aryl methyl sites for hydroxylation is 1. The van der Waals surface area contributed by atoms with Gasteiger partial charge in [0.15, 0.2) is 0 Å². The number of hydrogen-bond donors (Lipinski definition) is 1. The third-order valence-electron chi connectivity index (χ3n) is 3.61. The third-order valence-corrected chi connectivity index (χ3v) is 3.61. The summed E-state index contributed by atoms with van der Waals surface area (Å²) in [7, 11) is 0. The number of benzene rings is 2. The second kappa shape index (κ2) is 3.88. The predicted molar refractivity (Wildman–Crippen MR) is 67.5 cm³/mol. The number of carbonyl (C=O) groups is 1. The lowest BCUT2D eigenvalue weighted by Crippen LogP contribution is -2.11. The Kier molecular flexibility index (Phi) is 2.36. The first-order valence-electron chi connectivity index (χ1n) is 6.04. The van der Waals surface area contributed by atoms with Crippen molar-refractivity contribution < 1.29 is 9.90 Å². The van der Waals surface area contributed by atoms with Gasteiger partial charge in [0, 0.05) is 0 Å². The molecule has 0 radical (unpaired) electrons. The van der Waals surface area contributed by atoms with Gasteiger partial charge in [0.25, 0.3) is 0 Å². The molecule has 1 N–H and O–H groups in total. The summed E-state index contributed by atoms with van der Waals surface area (Å²) in [6, 6.07) is 9.91. The molecule has 0 amide bonds. The van der Waals surface area contributed by atoms with Crippen molar-refractivity contribution in [1.29, 1.82) is 0 Å². The Morgan fingerprint density at radius 1 is 1.06 bits per heavy atom. The van der Waals surface area contributed by atoms with Crippen LogP contribution in [0.4, 0.5) is 0 Å². The maximum Gasteiger partial charge on any atom is 0.335 e. The molecule has 0 atom stereocenters. The van der Waals surface area contributed by atoms with Gasteiger partial charge in [-0.2, -0.15) is 0 Å². The van der Waals surface area contributed by atoms with Gasteiger partial charge in [0.2, 0.25) is 0 Å². The van der Waals surface area contributed by atoms with E-state index in [-0.39, 0.29) is 0 Å². The lowest BCUT2D eigenvalue weighted by Gasteiger charge is -2.20. The van der Waals surface area contributed by atoms with Gasteiger partial charge >= 0.3 is 5.97 Å². The van der Waals surface area contributed by atoms with Crippen molar-refractivity contribution in [2.45, 2.75) is 25.7 Å². The Hall–Kier alpha value is -1.83. The van der Waals surface area contributed by atoms with E-state index in [0.29, 0.717) is 5.56 Å². The highest BCUT2D eigenvalue weighted by molar-refractivity contribution is 5.98. The minimum Gasteiger partial charge on any atom is -0.478 e. The minimum absolute atomic E-state index is 0.499. The molecule has 1 aliphatic carbocycles. The number of hydrogen-bond acceptors (Lipinski definition) is 1. The Morgan fingerprint density at radius 3 is 2.53 bits per heavy atom. The van der Waals surface area contributed by atoms with Crippen LogP contribution in [-0.4, -0.2) is 11.1 Å². The third kappa shape index (κ3) is 1.60. The van der Waals surface area contributed by atoms with Crippen molar-refractivity contribution in [1.82, 2.24) is 0 Å². The van der Waals surface area contributed by atoms with E-state index in [9.17, 15) is 9.90 Å². The summed E-state index contributed by atoms with van der Waals surface area (Å²) in [5.41, 5.74) is 2.81. The van der Waals surface area contributed by atoms with E-state index in [2.05, 4.69) is 6.07 Å². The number of carboxylic acids is 1. The summed E-state index contributed by atoms with van der Waals surface area (Å²) in [6.45, 7) is 0. The average molecular weight is 226 g/mol. The summed E-state index contributed by atoms with van der Waals surface area (Å²) < 4.78 is 0. The Morgan fingerprint density at radius 2 is 1.76 bits per heavy atom. The van der Waals surface area contributed by atoms with E-state index in [1.807, 2.05) is 24.3 Å². The Bertz CT molecular complexity index is 599. The molecular formula is C15H14O2. The lowest BCUT2D eigenvalue weighted by atomic mass is 9.84. The molecule has 0 aliphatic heterocycles. The largest absolute Gasteiger partial charge is 0.478 e. The monoisotopic (exact) mass is 226 g/mol. The van der Waals surface area contributed by atoms with E-state index in [1.165, 1.54) is 17.4 Å². The molecule has 3 rings (SSSR count). The first-order valence-corrected chi connectivity index (χ1v) is 6.04. The molecule has 0 bridgehead atoms. The normalized spacial score (nSPS) is 14.6. The van der Waals surface area contributed by atoms with Crippen LogP contribution in [0.15, 0.2) is 30.3 Å². The number of rotatable bonds is 1. The van der Waals surface area contributed by atoms with Crippen LogP contribution >= 0.6 is 0 Å². The van der Waals surface area contributed by atoms with Crippen LogP contribution < -0.4 is 0 Å². The zero-order valence-corrected chi connectivity index (χ0v) is 9.57. The standard InChI is InChI=1S/C15H14O2/c16-15(17)14-9-10-5-1-2-6-11(10)12-7-3-4-8-13(12)14/h1-2,5-6,9H,3-4,7-8H2,(H,16,17). The van der Waals surface area contributed by atoms with Gasteiger partial charge in [0.1, 0.15) is 0 Å². The van der Waals surface area contributed by atoms with Crippen LogP contribution in [0.3, 0.4) is 0 Å². The molecule has 0 fully saturated rings. The van der Waals surface area contributed by atoms with E-state index >= 15 is 0 Å². The van der Waals surface area contributed by atoms with E-state index in [1.54, 1.807) is 0 Å². The van der Waals surface area contributed by atoms with Crippen molar-refractivity contribution in [3.05, 3.63) is 47.0 Å². The molecule has 0 saturated carbocycles. The zero-order chi connectivity index (χ0) is 11.8. The van der Waals surface area contributed by atoms with E-state index in [0.717, 1.165) is 30.2 Å². The summed E-state index contributed by atoms with van der Waals surface area (Å²) in [6.07, 6.45) is 4.18. The topological polar surface area (TPSA) is 37.3 Å². The number of aromatic carboxylic acids is 1. The second-order valence-corrected chi connectivity index (χ2v) is 4.61. The highest BCUT2D eigenvalue weighted by Crippen LogP contribution is 2.31. The quantitative estimate of drug-likeness (QED) is 0.809. The van der Waals surface area contributed by atoms with E-state index < -0.39 is 5.97 Å². The fourth-order valence-electron chi connectivity index (χ4n) is 2.83. The second-order valence-electron chi connectivity index (χ2n) is 4.61. The molecule has 1 aliphatic rings. The van der Waals surface area contributed by atoms with Gasteiger partial charge in [0.05, 0.1) is 5.56 Å². The van der Waals surface area contributed by atoms with Gasteiger partial charge < -0.3 is 5.11 Å². The molecule has 2 heteroatoms. The Balaban J connectivity index is 2.39. The molecule has 2 aromatic carbocycles. The van der Waals surface area contributed by atoms with Crippen molar-refractivity contribution in [2.75, 3.05) is 0 Å². The van der Waals surface area contributed by atoms with Crippen LogP contribution in [0.5, 0.6) is 0 Å². The fraction of sp³-hybridized carbons (Fsp3) is 0.267. The molecule has 0 spiro atoms. The fourth-order valence-corrected chi connectivity index (χ4v) is 2.83. The smallest absolute Gasteiger partial charge is 0.335 e. The van der Waals surface area contributed by atoms with Crippen molar-refractivity contribution in [3.8, 4) is 0 Å². The van der Waals surface area contributed by atoms with Crippen molar-refractivity contribution in [2.24, 2.45) is 0 Å². The SMILES string of the molecule is O=C(O)c1cc2ccccc2c2c1CCCC2. The van der Waals surface area contributed by atoms with Crippen LogP contribution in [0, 0.1) is 0 Å². The average Bonchev–Trinajstić information content (AvgIpc) is 2.37. The lowest BCUT2D eigenvalue weighted by molar-refractivity contribution is 0.0695. The van der Waals surface area contributed by atoms with Gasteiger partial charge in [-0.15, -0.1) is 0 Å². The summed E-state index contributed by atoms with van der Waals surface area (Å²) in [5.74, 6) is -0.797. The van der Waals surface area contributed by atoms with Crippen LogP contribution in [0.25, 0.3) is 10.8 Å². The minimum atomic E-state index is -0.797. The summed E-state index contributed by atoms with van der Waals surface area (Å²) in [5, 5.41) is 11.6. The maximum absolute atomic E-state index is 11.3. The highest BCUT2D eigenvalue weighted by atomic mass is 16.4. The van der Waals surface area contributed by atoms with Crippen LogP contribution in [0.1, 0.15) is 34.3 Å². The maximum atomic E-state index is 11.3. The summed E-state index contributed by atoms with van der Waals surface area (Å²) >= 11 is 0. The first kappa shape index (κ1) is 10.3. The Labute approximate surface area is 99.9 Å². The van der Waals surface area contributed by atoms with Crippen LogP contribution in [-0.2, 0) is 12.8 Å². The van der Waals surface area contributed by atoms with Gasteiger partial charge in [-0.25, -0.2) is 4.79 Å². The van der Waals surface area contributed by atoms with Crippen molar-refractivity contribution in [3.63, 3.8) is 0 Å². The predicted octanol–water partition coefficient (Wildman–Crippen LogP) is 3.42. The molecule has 0 saturated heterocycles. The van der Waals surface area contributed by atoms with Gasteiger partial charge in [-0.05, 0) is 53.6 Å². The summed E-state index contributed by atoms with van der Waals surface area (Å²) in [4.78, 5) is 11.3. The molecule has 86 valence electrons. The van der Waals surface area contributed by atoms with Gasteiger partial charge in [-0.1, -0.05) is 24.3 Å². The van der Waals surface area contributed by atoms with Crippen LogP contribution in [0.2, 0.25) is 0 Å².